The van der Waals surface area contributed by atoms with Crippen LogP contribution < -0.4 is 15.4 Å². The molecular weight excluding hydrogens is 364 g/mol. The van der Waals surface area contributed by atoms with Crippen LogP contribution in [-0.2, 0) is 16.0 Å². The molecule has 2 rings (SSSR count). The van der Waals surface area contributed by atoms with E-state index in [-0.39, 0.29) is 12.6 Å². The van der Waals surface area contributed by atoms with Crippen molar-refractivity contribution in [1.29, 1.82) is 0 Å². The van der Waals surface area contributed by atoms with Crippen molar-refractivity contribution < 1.29 is 14.3 Å². The molecule has 2 unspecified atom stereocenters. The molecule has 0 aliphatic rings. The molecule has 2 aromatic carbocycles. The fourth-order valence-electron chi connectivity index (χ4n) is 2.78. The van der Waals surface area contributed by atoms with E-state index in [1.807, 2.05) is 49.5 Å². The van der Waals surface area contributed by atoms with E-state index in [0.717, 1.165) is 23.6 Å². The second-order valence-corrected chi connectivity index (χ2v) is 6.85. The first kappa shape index (κ1) is 21.2. The van der Waals surface area contributed by atoms with Crippen LogP contribution in [0.4, 0.5) is 0 Å². The van der Waals surface area contributed by atoms with Gasteiger partial charge in [0, 0.05) is 23.7 Å². The Bertz CT molecular complexity index is 722. The molecule has 0 aliphatic heterocycles. The van der Waals surface area contributed by atoms with Crippen molar-refractivity contribution in [3.05, 3.63) is 64.7 Å². The van der Waals surface area contributed by atoms with Gasteiger partial charge >= 0.3 is 5.97 Å². The number of esters is 1. The Hall–Kier alpha value is -2.08. The maximum atomic E-state index is 11.1. The van der Waals surface area contributed by atoms with Crippen molar-refractivity contribution >= 4 is 17.6 Å². The summed E-state index contributed by atoms with van der Waals surface area (Å²) in [5.41, 5.74) is 2.36. The van der Waals surface area contributed by atoms with Crippen LogP contribution >= 0.6 is 11.6 Å². The normalized spacial score (nSPS) is 13.0. The average Bonchev–Trinajstić information content (AvgIpc) is 2.67. The Labute approximate surface area is 166 Å². The standard InChI is InChI=1S/C21H27ClN2O3/c1-15(24-13-20(23-2)17-5-4-6-18(22)12-17)11-16-7-9-19(10-8-16)27-14-21(25)26-3/h4-10,12,15,20,23-24H,11,13-14H2,1-3H3. The van der Waals surface area contributed by atoms with Crippen molar-refractivity contribution in [2.45, 2.75) is 25.4 Å². The summed E-state index contributed by atoms with van der Waals surface area (Å²) in [6.07, 6.45) is 0.892. The van der Waals surface area contributed by atoms with E-state index >= 15 is 0 Å². The molecule has 6 heteroatoms. The predicted octanol–water partition coefficient (Wildman–Crippen LogP) is 3.37. The SMILES string of the molecule is CNC(CNC(C)Cc1ccc(OCC(=O)OC)cc1)c1cccc(Cl)c1. The monoisotopic (exact) mass is 390 g/mol. The molecule has 146 valence electrons. The van der Waals surface area contributed by atoms with Crippen LogP contribution in [0.2, 0.25) is 5.02 Å². The van der Waals surface area contributed by atoms with E-state index in [1.54, 1.807) is 0 Å². The molecule has 2 aromatic rings. The van der Waals surface area contributed by atoms with Crippen molar-refractivity contribution in [1.82, 2.24) is 10.6 Å². The highest BCUT2D eigenvalue weighted by atomic mass is 35.5. The van der Waals surface area contributed by atoms with Crippen molar-refractivity contribution in [2.75, 3.05) is 27.3 Å². The van der Waals surface area contributed by atoms with Gasteiger partial charge in [-0.3, -0.25) is 0 Å². The lowest BCUT2D eigenvalue weighted by molar-refractivity contribution is -0.142. The largest absolute Gasteiger partial charge is 0.482 e. The molecule has 0 bridgehead atoms. The topological polar surface area (TPSA) is 59.6 Å². The zero-order valence-corrected chi connectivity index (χ0v) is 16.8. The molecule has 0 fully saturated rings. The zero-order valence-electron chi connectivity index (χ0n) is 16.0. The van der Waals surface area contributed by atoms with Gasteiger partial charge < -0.3 is 20.1 Å². The first-order chi connectivity index (χ1) is 13.0. The molecule has 2 N–H and O–H groups in total. The molecule has 2 atom stereocenters. The first-order valence-electron chi connectivity index (χ1n) is 8.96. The van der Waals surface area contributed by atoms with Crippen LogP contribution in [0.1, 0.15) is 24.1 Å². The third kappa shape index (κ3) is 7.21. The lowest BCUT2D eigenvalue weighted by Gasteiger charge is -2.21. The van der Waals surface area contributed by atoms with Gasteiger partial charge in [-0.05, 0) is 55.8 Å². The smallest absolute Gasteiger partial charge is 0.343 e. The fraction of sp³-hybridized carbons (Fsp3) is 0.381. The van der Waals surface area contributed by atoms with Crippen LogP contribution in [0.3, 0.4) is 0 Å². The number of nitrogens with one attached hydrogen (secondary N) is 2. The number of methoxy groups -OCH3 is 1. The van der Waals surface area contributed by atoms with Gasteiger partial charge in [0.25, 0.3) is 0 Å². The second-order valence-electron chi connectivity index (χ2n) is 6.42. The molecule has 0 amide bonds. The molecule has 0 radical (unpaired) electrons. The number of benzene rings is 2. The number of hydrogen-bond acceptors (Lipinski definition) is 5. The second kappa shape index (κ2) is 10.9. The number of halogens is 1. The highest BCUT2D eigenvalue weighted by Crippen LogP contribution is 2.18. The summed E-state index contributed by atoms with van der Waals surface area (Å²) in [7, 11) is 3.29. The summed E-state index contributed by atoms with van der Waals surface area (Å²) in [4.78, 5) is 11.1. The van der Waals surface area contributed by atoms with Crippen LogP contribution in [-0.4, -0.2) is 39.3 Å². The summed E-state index contributed by atoms with van der Waals surface area (Å²) in [6, 6.07) is 16.2. The Kier molecular flexibility index (Phi) is 8.58. The summed E-state index contributed by atoms with van der Waals surface area (Å²) in [5, 5.41) is 7.63. The molecule has 0 saturated heterocycles. The van der Waals surface area contributed by atoms with Gasteiger partial charge in [-0.25, -0.2) is 4.79 Å². The minimum absolute atomic E-state index is 0.0806. The van der Waals surface area contributed by atoms with E-state index in [1.165, 1.54) is 12.7 Å². The molecular formula is C21H27ClN2O3. The number of ether oxygens (including phenoxy) is 2. The lowest BCUT2D eigenvalue weighted by atomic mass is 10.0. The number of carbonyl (C=O) groups is 1. The maximum absolute atomic E-state index is 11.1. The van der Waals surface area contributed by atoms with E-state index in [2.05, 4.69) is 28.4 Å². The van der Waals surface area contributed by atoms with Crippen LogP contribution in [0.5, 0.6) is 5.75 Å². The van der Waals surface area contributed by atoms with E-state index < -0.39 is 5.97 Å². The molecule has 0 saturated carbocycles. The lowest BCUT2D eigenvalue weighted by Crippen LogP contribution is -2.36. The number of carbonyl (C=O) groups excluding carboxylic acids is 1. The summed E-state index contributed by atoms with van der Waals surface area (Å²) in [5.74, 6) is 0.261. The van der Waals surface area contributed by atoms with Crippen molar-refractivity contribution in [3.63, 3.8) is 0 Å². The highest BCUT2D eigenvalue weighted by molar-refractivity contribution is 6.30. The minimum Gasteiger partial charge on any atom is -0.482 e. The van der Waals surface area contributed by atoms with Gasteiger partial charge in [-0.1, -0.05) is 35.9 Å². The van der Waals surface area contributed by atoms with Gasteiger partial charge in [0.15, 0.2) is 6.61 Å². The molecule has 5 nitrogen and oxygen atoms in total. The van der Waals surface area contributed by atoms with Crippen LogP contribution in [0, 0.1) is 0 Å². The van der Waals surface area contributed by atoms with Gasteiger partial charge in [-0.15, -0.1) is 0 Å². The van der Waals surface area contributed by atoms with Gasteiger partial charge in [0.05, 0.1) is 7.11 Å². The Morgan fingerprint density at radius 2 is 1.93 bits per heavy atom. The summed E-state index contributed by atoms with van der Waals surface area (Å²) >= 11 is 6.09. The van der Waals surface area contributed by atoms with Crippen LogP contribution in [0.25, 0.3) is 0 Å². The number of hydrogen-bond donors (Lipinski definition) is 2. The third-order valence-corrected chi connectivity index (χ3v) is 4.55. The molecule has 0 spiro atoms. The molecule has 0 aromatic heterocycles. The quantitative estimate of drug-likeness (QED) is 0.609. The van der Waals surface area contributed by atoms with E-state index in [4.69, 9.17) is 16.3 Å². The molecule has 27 heavy (non-hydrogen) atoms. The van der Waals surface area contributed by atoms with Gasteiger partial charge in [-0.2, -0.15) is 0 Å². The summed E-state index contributed by atoms with van der Waals surface area (Å²) < 4.78 is 9.92. The first-order valence-corrected chi connectivity index (χ1v) is 9.34. The molecule has 0 heterocycles. The predicted molar refractivity (Wildman–Crippen MR) is 108 cm³/mol. The van der Waals surface area contributed by atoms with Gasteiger partial charge in [0.2, 0.25) is 0 Å². The Balaban J connectivity index is 1.82. The molecule has 0 aliphatic carbocycles. The number of likely N-dealkylation sites (N-methyl/N-ethyl adjacent to an activating group) is 1. The number of rotatable bonds is 10. The fourth-order valence-corrected chi connectivity index (χ4v) is 2.98. The van der Waals surface area contributed by atoms with Crippen LogP contribution in [0.15, 0.2) is 48.5 Å². The minimum atomic E-state index is -0.393. The Morgan fingerprint density at radius 3 is 2.56 bits per heavy atom. The van der Waals surface area contributed by atoms with Crippen molar-refractivity contribution in [3.8, 4) is 5.75 Å². The van der Waals surface area contributed by atoms with Crippen molar-refractivity contribution in [2.24, 2.45) is 0 Å². The zero-order chi connectivity index (χ0) is 19.6. The highest BCUT2D eigenvalue weighted by Gasteiger charge is 2.12. The van der Waals surface area contributed by atoms with E-state index in [9.17, 15) is 4.79 Å². The van der Waals surface area contributed by atoms with E-state index in [0.29, 0.717) is 11.8 Å². The Morgan fingerprint density at radius 1 is 1.19 bits per heavy atom. The average molecular weight is 391 g/mol. The van der Waals surface area contributed by atoms with Gasteiger partial charge in [0.1, 0.15) is 5.75 Å². The summed E-state index contributed by atoms with van der Waals surface area (Å²) in [6.45, 7) is 2.88. The third-order valence-electron chi connectivity index (χ3n) is 4.32. The maximum Gasteiger partial charge on any atom is 0.343 e.